The molecule has 1 aromatic heterocycles. The van der Waals surface area contributed by atoms with E-state index in [2.05, 4.69) is 31.9 Å². The number of anilines is 3. The van der Waals surface area contributed by atoms with Gasteiger partial charge in [0.2, 0.25) is 0 Å². The maximum absolute atomic E-state index is 12.2. The zero-order valence-electron chi connectivity index (χ0n) is 13.0. The zero-order valence-corrected chi connectivity index (χ0v) is 15.4. The molecule has 0 aliphatic heterocycles. The Labute approximate surface area is 157 Å². The van der Waals surface area contributed by atoms with E-state index in [4.69, 9.17) is 0 Å². The molecule has 3 amide bonds. The first-order valence-corrected chi connectivity index (χ1v) is 9.01. The standard InChI is InChI=1S/C18H14BrN3O2S/c19-16-10-9-15(25-16)17(23)20-13-7-4-8-14(11-13)22-18(24)21-12-5-2-1-3-6-12/h1-11H,(H,20,23)(H2,21,22,24). The van der Waals surface area contributed by atoms with E-state index in [1.165, 1.54) is 11.3 Å². The molecule has 126 valence electrons. The molecule has 0 atom stereocenters. The van der Waals surface area contributed by atoms with E-state index in [1.54, 1.807) is 42.5 Å². The molecule has 7 heteroatoms. The summed E-state index contributed by atoms with van der Waals surface area (Å²) in [6.07, 6.45) is 0. The van der Waals surface area contributed by atoms with Crippen LogP contribution in [0.25, 0.3) is 0 Å². The van der Waals surface area contributed by atoms with Crippen LogP contribution in [0.4, 0.5) is 21.9 Å². The summed E-state index contributed by atoms with van der Waals surface area (Å²) < 4.78 is 0.894. The molecule has 5 nitrogen and oxygen atoms in total. The molecular formula is C18H14BrN3O2S. The van der Waals surface area contributed by atoms with Crippen LogP contribution in [0.15, 0.2) is 70.5 Å². The lowest BCUT2D eigenvalue weighted by atomic mass is 10.2. The second-order valence-electron chi connectivity index (χ2n) is 5.08. The van der Waals surface area contributed by atoms with Crippen LogP contribution in [0.3, 0.4) is 0 Å². The summed E-state index contributed by atoms with van der Waals surface area (Å²) in [5.41, 5.74) is 1.89. The Kier molecular flexibility index (Phi) is 5.47. The highest BCUT2D eigenvalue weighted by Crippen LogP contribution is 2.23. The molecule has 0 unspecified atom stereocenters. The van der Waals surface area contributed by atoms with Crippen molar-refractivity contribution >= 4 is 56.3 Å². The van der Waals surface area contributed by atoms with Gasteiger partial charge < -0.3 is 16.0 Å². The average Bonchev–Trinajstić information content (AvgIpc) is 3.02. The Morgan fingerprint density at radius 2 is 1.40 bits per heavy atom. The summed E-state index contributed by atoms with van der Waals surface area (Å²) in [4.78, 5) is 24.8. The third-order valence-corrected chi connectivity index (χ3v) is 4.83. The van der Waals surface area contributed by atoms with Crippen LogP contribution < -0.4 is 16.0 Å². The normalized spacial score (nSPS) is 10.1. The maximum atomic E-state index is 12.2. The van der Waals surface area contributed by atoms with Crippen LogP contribution >= 0.6 is 27.3 Å². The summed E-state index contributed by atoms with van der Waals surface area (Å²) >= 11 is 4.69. The van der Waals surface area contributed by atoms with Crippen molar-refractivity contribution < 1.29 is 9.59 Å². The van der Waals surface area contributed by atoms with Gasteiger partial charge in [-0.05, 0) is 58.4 Å². The Hall–Kier alpha value is -2.64. The van der Waals surface area contributed by atoms with Gasteiger partial charge in [0.05, 0.1) is 8.66 Å². The smallest absolute Gasteiger partial charge is 0.321 e. The van der Waals surface area contributed by atoms with Crippen molar-refractivity contribution in [2.45, 2.75) is 0 Å². The molecule has 3 rings (SSSR count). The van der Waals surface area contributed by atoms with Crippen molar-refractivity contribution in [1.29, 1.82) is 0 Å². The monoisotopic (exact) mass is 415 g/mol. The highest BCUT2D eigenvalue weighted by molar-refractivity contribution is 9.11. The maximum Gasteiger partial charge on any atom is 0.323 e. The van der Waals surface area contributed by atoms with Crippen LogP contribution in [0.1, 0.15) is 9.67 Å². The Balaban J connectivity index is 1.63. The molecule has 0 aliphatic rings. The van der Waals surface area contributed by atoms with Gasteiger partial charge in [0.15, 0.2) is 0 Å². The van der Waals surface area contributed by atoms with Gasteiger partial charge >= 0.3 is 6.03 Å². The van der Waals surface area contributed by atoms with E-state index in [9.17, 15) is 9.59 Å². The Morgan fingerprint density at radius 1 is 0.760 bits per heavy atom. The van der Waals surface area contributed by atoms with Gasteiger partial charge in [0.25, 0.3) is 5.91 Å². The minimum absolute atomic E-state index is 0.193. The number of thiophene rings is 1. The molecule has 3 N–H and O–H groups in total. The van der Waals surface area contributed by atoms with Crippen LogP contribution in [0, 0.1) is 0 Å². The number of benzene rings is 2. The number of rotatable bonds is 4. The fraction of sp³-hybridized carbons (Fsp3) is 0. The largest absolute Gasteiger partial charge is 0.323 e. The zero-order chi connectivity index (χ0) is 17.6. The molecule has 3 aromatic rings. The van der Waals surface area contributed by atoms with E-state index < -0.39 is 0 Å². The van der Waals surface area contributed by atoms with Gasteiger partial charge in [-0.2, -0.15) is 0 Å². The first-order chi connectivity index (χ1) is 12.1. The number of hydrogen-bond acceptors (Lipinski definition) is 3. The molecule has 0 fully saturated rings. The van der Waals surface area contributed by atoms with Crippen molar-refractivity contribution in [1.82, 2.24) is 0 Å². The van der Waals surface area contributed by atoms with Crippen molar-refractivity contribution in [2.24, 2.45) is 0 Å². The predicted molar refractivity (Wildman–Crippen MR) is 105 cm³/mol. The van der Waals surface area contributed by atoms with E-state index in [1.807, 2.05) is 24.3 Å². The van der Waals surface area contributed by atoms with E-state index in [0.717, 1.165) is 3.79 Å². The molecular weight excluding hydrogens is 402 g/mol. The van der Waals surface area contributed by atoms with Crippen LogP contribution in [-0.4, -0.2) is 11.9 Å². The molecule has 0 spiro atoms. The summed E-state index contributed by atoms with van der Waals surface area (Å²) in [6, 6.07) is 19.4. The highest BCUT2D eigenvalue weighted by atomic mass is 79.9. The summed E-state index contributed by atoms with van der Waals surface area (Å²) in [5, 5.41) is 8.29. The fourth-order valence-electron chi connectivity index (χ4n) is 2.12. The van der Waals surface area contributed by atoms with Gasteiger partial charge in [-0.25, -0.2) is 4.79 Å². The SMILES string of the molecule is O=C(Nc1ccccc1)Nc1cccc(NC(=O)c2ccc(Br)s2)c1. The number of para-hydroxylation sites is 1. The van der Waals surface area contributed by atoms with E-state index >= 15 is 0 Å². The third-order valence-electron chi connectivity index (χ3n) is 3.21. The minimum atomic E-state index is -0.350. The van der Waals surface area contributed by atoms with Crippen LogP contribution in [-0.2, 0) is 0 Å². The van der Waals surface area contributed by atoms with Gasteiger partial charge in [0.1, 0.15) is 0 Å². The first-order valence-electron chi connectivity index (χ1n) is 7.40. The van der Waals surface area contributed by atoms with Crippen LogP contribution in [0.2, 0.25) is 0 Å². The number of nitrogens with one attached hydrogen (secondary N) is 3. The Morgan fingerprint density at radius 3 is 2.08 bits per heavy atom. The molecule has 0 radical (unpaired) electrons. The number of amides is 3. The molecule has 0 bridgehead atoms. The third kappa shape index (κ3) is 4.91. The van der Waals surface area contributed by atoms with E-state index in [0.29, 0.717) is 21.9 Å². The lowest BCUT2D eigenvalue weighted by molar-refractivity contribution is 0.103. The lowest BCUT2D eigenvalue weighted by Crippen LogP contribution is -2.19. The minimum Gasteiger partial charge on any atom is -0.321 e. The number of urea groups is 1. The first kappa shape index (κ1) is 17.2. The van der Waals surface area contributed by atoms with Crippen molar-refractivity contribution in [3.05, 3.63) is 75.4 Å². The molecule has 0 saturated carbocycles. The average molecular weight is 416 g/mol. The van der Waals surface area contributed by atoms with Crippen molar-refractivity contribution in [3.8, 4) is 0 Å². The molecule has 2 aromatic carbocycles. The topological polar surface area (TPSA) is 70.2 Å². The summed E-state index contributed by atoms with van der Waals surface area (Å²) in [7, 11) is 0. The van der Waals surface area contributed by atoms with Gasteiger partial charge in [-0.3, -0.25) is 4.79 Å². The van der Waals surface area contributed by atoms with Gasteiger partial charge in [-0.1, -0.05) is 24.3 Å². The molecule has 0 aliphatic carbocycles. The Bertz CT molecular complexity index is 896. The molecule has 1 heterocycles. The number of carbonyl (C=O) groups excluding carboxylic acids is 2. The second-order valence-corrected chi connectivity index (χ2v) is 7.55. The van der Waals surface area contributed by atoms with E-state index in [-0.39, 0.29) is 11.9 Å². The van der Waals surface area contributed by atoms with Crippen molar-refractivity contribution in [3.63, 3.8) is 0 Å². The number of carbonyl (C=O) groups is 2. The highest BCUT2D eigenvalue weighted by Gasteiger charge is 2.09. The number of hydrogen-bond donors (Lipinski definition) is 3. The van der Waals surface area contributed by atoms with Crippen molar-refractivity contribution in [2.75, 3.05) is 16.0 Å². The van der Waals surface area contributed by atoms with Gasteiger partial charge in [-0.15, -0.1) is 11.3 Å². The molecule has 25 heavy (non-hydrogen) atoms. The fourth-order valence-corrected chi connectivity index (χ4v) is 3.40. The lowest BCUT2D eigenvalue weighted by Gasteiger charge is -2.09. The second kappa shape index (κ2) is 7.96. The predicted octanol–water partition coefficient (Wildman–Crippen LogP) is 5.41. The van der Waals surface area contributed by atoms with Crippen LogP contribution in [0.5, 0.6) is 0 Å². The summed E-state index contributed by atoms with van der Waals surface area (Å²) in [5.74, 6) is -0.193. The summed E-state index contributed by atoms with van der Waals surface area (Å²) in [6.45, 7) is 0. The molecule has 0 saturated heterocycles. The van der Waals surface area contributed by atoms with Gasteiger partial charge in [0, 0.05) is 17.1 Å². The quantitative estimate of drug-likeness (QED) is 0.533. The number of halogens is 1.